The fourth-order valence-corrected chi connectivity index (χ4v) is 20.6. The molecule has 3 aliphatic heterocycles. The van der Waals surface area contributed by atoms with Crippen LogP contribution in [0.4, 0.5) is 26.3 Å². The van der Waals surface area contributed by atoms with Gasteiger partial charge in [0.25, 0.3) is 0 Å². The molecule has 0 bridgehead atoms. The number of carbonyl (C=O) groups is 1. The summed E-state index contributed by atoms with van der Waals surface area (Å²) in [6, 6.07) is 22.3. The molecule has 86 heavy (non-hydrogen) atoms. The molecular formula is C60H56BrCl3F6MgO12S3. The summed E-state index contributed by atoms with van der Waals surface area (Å²) in [5, 5.41) is 22.2. The standard InChI is InChI=1S/2C20H19ClF2O4S.C19H15ClF2O4S.CH3.BrH.Mg/c2*1-19(24)8-9-20(28(25,26)14-4-2-13(21)3-5-14)12(10-19)11-27-18-16(23)7-6-15(22)17(18)20;20-12-1-3-14(4-2-12)27(24,25)19-8-7-13(23)9-11(19)10-26-18-16(22)6-5-15(21)17(18)19;;;/h2*2-7,12,24H,8-11H2,1H3;1-6,11H,7-10H2;1H3;1H;/q;;;-1;;+2/p-1/t12-,19+,20+;12-,19-,20+;11-,19+;;;/m111.../s1. The maximum Gasteiger partial charge on any atom is 2.00 e. The van der Waals surface area contributed by atoms with Gasteiger partial charge in [0.15, 0.2) is 64.2 Å². The van der Waals surface area contributed by atoms with Gasteiger partial charge in [-0.1, -0.05) is 34.8 Å². The Morgan fingerprint density at radius 3 is 1.01 bits per heavy atom. The zero-order chi connectivity index (χ0) is 60.0. The van der Waals surface area contributed by atoms with Crippen LogP contribution in [0.15, 0.2) is 124 Å². The first-order chi connectivity index (χ1) is 38.9. The van der Waals surface area contributed by atoms with E-state index in [1.54, 1.807) is 13.8 Å². The Bertz CT molecular complexity index is 3760. The molecule has 6 aliphatic rings. The number of aliphatic hydroxyl groups is 2. The van der Waals surface area contributed by atoms with Crippen LogP contribution in [-0.4, -0.2) is 95.3 Å². The molecule has 0 spiro atoms. The van der Waals surface area contributed by atoms with Gasteiger partial charge < -0.3 is 48.8 Å². The molecular weight excluding hydrogens is 1330 g/mol. The predicted molar refractivity (Wildman–Crippen MR) is 307 cm³/mol. The molecule has 12 rings (SSSR count). The normalized spacial score (nSPS) is 27.0. The van der Waals surface area contributed by atoms with Crippen LogP contribution in [0.2, 0.25) is 15.1 Å². The maximum atomic E-state index is 15.0. The average Bonchev–Trinajstić information content (AvgIpc) is 1.95. The average molecular weight is 1390 g/mol. The molecule has 3 aliphatic carbocycles. The van der Waals surface area contributed by atoms with Crippen LogP contribution in [0.5, 0.6) is 17.2 Å². The van der Waals surface area contributed by atoms with Gasteiger partial charge >= 0.3 is 23.1 Å². The number of Topliss-reactive ketones (excluding diaryl/α,β-unsaturated/α-hetero) is 1. The van der Waals surface area contributed by atoms with Crippen LogP contribution in [0.1, 0.15) is 88.3 Å². The summed E-state index contributed by atoms with van der Waals surface area (Å²) in [7, 11) is -12.5. The predicted octanol–water partition coefficient (Wildman–Crippen LogP) is 9.58. The molecule has 0 unspecified atom stereocenters. The maximum absolute atomic E-state index is 15.0. The summed E-state index contributed by atoms with van der Waals surface area (Å²) in [6.45, 7) is 2.80. The van der Waals surface area contributed by atoms with E-state index in [1.807, 2.05) is 0 Å². The number of halogens is 10. The molecule has 8 atom stereocenters. The van der Waals surface area contributed by atoms with Gasteiger partial charge in [0.2, 0.25) is 0 Å². The first kappa shape index (κ1) is 69.3. The summed E-state index contributed by atoms with van der Waals surface area (Å²) >= 11 is 17.6. The van der Waals surface area contributed by atoms with Crippen LogP contribution in [-0.2, 0) is 48.5 Å². The summed E-state index contributed by atoms with van der Waals surface area (Å²) in [6.07, 6.45) is 0.125. The van der Waals surface area contributed by atoms with Crippen molar-refractivity contribution in [1.29, 1.82) is 0 Å². The molecule has 6 aromatic rings. The van der Waals surface area contributed by atoms with Gasteiger partial charge in [0.1, 0.15) is 37.5 Å². The molecule has 3 fully saturated rings. The molecule has 2 N–H and O–H groups in total. The minimum atomic E-state index is -4.17. The Labute approximate surface area is 536 Å². The van der Waals surface area contributed by atoms with Crippen LogP contribution in [0.3, 0.4) is 0 Å². The Kier molecular flexibility index (Phi) is 20.4. The molecule has 0 radical (unpaired) electrons. The van der Waals surface area contributed by atoms with E-state index < -0.39 is 113 Å². The zero-order valence-electron chi connectivity index (χ0n) is 46.3. The van der Waals surface area contributed by atoms with Crippen molar-refractivity contribution in [3.8, 4) is 17.2 Å². The van der Waals surface area contributed by atoms with Crippen molar-refractivity contribution in [2.45, 2.75) is 112 Å². The van der Waals surface area contributed by atoms with Gasteiger partial charge in [-0.3, -0.25) is 4.79 Å². The van der Waals surface area contributed by atoms with Gasteiger partial charge in [-0.15, -0.1) is 0 Å². The van der Waals surface area contributed by atoms with E-state index in [-0.39, 0.29) is 174 Å². The van der Waals surface area contributed by atoms with Crippen molar-refractivity contribution >= 4 is 93.2 Å². The van der Waals surface area contributed by atoms with Gasteiger partial charge in [-0.25, -0.2) is 51.6 Å². The third-order valence-corrected chi connectivity index (χ3v) is 25.7. The molecule has 458 valence electrons. The topological polar surface area (TPSA) is 188 Å². The fraction of sp³-hybridized carbons (Fsp3) is 0.367. The molecule has 26 heteroatoms. The number of carbonyl (C=O) groups excluding carboxylic acids is 1. The number of hydrogen-bond donors (Lipinski definition) is 2. The van der Waals surface area contributed by atoms with E-state index in [0.717, 1.165) is 36.4 Å². The third-order valence-electron chi connectivity index (χ3n) is 17.2. The Balaban J connectivity index is 0.000000181. The first-order valence-corrected chi connectivity index (χ1v) is 31.8. The van der Waals surface area contributed by atoms with Crippen molar-refractivity contribution in [3.63, 3.8) is 0 Å². The Morgan fingerprint density at radius 1 is 0.442 bits per heavy atom. The van der Waals surface area contributed by atoms with Crippen molar-refractivity contribution in [3.05, 3.63) is 183 Å². The van der Waals surface area contributed by atoms with Crippen molar-refractivity contribution < 1.29 is 97.8 Å². The van der Waals surface area contributed by atoms with Crippen molar-refractivity contribution in [1.82, 2.24) is 0 Å². The van der Waals surface area contributed by atoms with Crippen molar-refractivity contribution in [2.75, 3.05) is 19.8 Å². The number of ether oxygens (including phenoxy) is 3. The molecule has 3 heterocycles. The van der Waals surface area contributed by atoms with Gasteiger partial charge in [0.05, 0.1) is 62.4 Å². The summed E-state index contributed by atoms with van der Waals surface area (Å²) in [5.74, 6) is -8.48. The minimum Gasteiger partial charge on any atom is -1.00 e. The molecule has 0 saturated heterocycles. The van der Waals surface area contributed by atoms with E-state index in [2.05, 4.69) is 0 Å². The second-order valence-corrected chi connectivity index (χ2v) is 30.3. The first-order valence-electron chi connectivity index (χ1n) is 26.2. The Hall–Kier alpha value is -4.14. The number of benzene rings is 6. The number of rotatable bonds is 6. The number of sulfone groups is 3. The summed E-state index contributed by atoms with van der Waals surface area (Å²) < 4.78 is 182. The van der Waals surface area contributed by atoms with E-state index >= 15 is 0 Å². The van der Waals surface area contributed by atoms with Gasteiger partial charge in [0, 0.05) is 45.7 Å². The number of ketones is 1. The molecule has 6 aromatic carbocycles. The van der Waals surface area contributed by atoms with Crippen LogP contribution in [0.25, 0.3) is 0 Å². The van der Waals surface area contributed by atoms with E-state index in [9.17, 15) is 66.6 Å². The fourth-order valence-electron chi connectivity index (χ4n) is 13.2. The summed E-state index contributed by atoms with van der Waals surface area (Å²) in [5.41, 5.74) is -3.12. The smallest absolute Gasteiger partial charge is 1.00 e. The van der Waals surface area contributed by atoms with E-state index in [1.165, 1.54) is 72.8 Å². The van der Waals surface area contributed by atoms with Gasteiger partial charge in [-0.05, 0) is 168 Å². The molecule has 0 aromatic heterocycles. The van der Waals surface area contributed by atoms with Crippen molar-refractivity contribution in [2.24, 2.45) is 17.8 Å². The third kappa shape index (κ3) is 11.6. The second-order valence-electron chi connectivity index (χ2n) is 22.4. The molecule has 3 saturated carbocycles. The van der Waals surface area contributed by atoms with Crippen LogP contribution >= 0.6 is 34.8 Å². The van der Waals surface area contributed by atoms with Gasteiger partial charge in [-0.2, -0.15) is 0 Å². The summed E-state index contributed by atoms with van der Waals surface area (Å²) in [4.78, 5) is 11.9. The largest absolute Gasteiger partial charge is 2.00 e. The van der Waals surface area contributed by atoms with E-state index in [0.29, 0.717) is 15.1 Å². The number of fused-ring (bicyclic) bond motifs is 9. The number of hydrogen-bond acceptors (Lipinski definition) is 12. The second kappa shape index (κ2) is 25.3. The van der Waals surface area contributed by atoms with Crippen LogP contribution in [0, 0.1) is 60.1 Å². The van der Waals surface area contributed by atoms with E-state index in [4.69, 9.17) is 49.0 Å². The Morgan fingerprint density at radius 2 is 0.709 bits per heavy atom. The minimum absolute atomic E-state index is 0. The SMILES string of the molecule is C[C@@]1(O)CC[C@@]2(S(=O)(=O)c3ccc(Cl)cc3)c3c(F)ccc(F)c3OC[C@H]2C1.C[C@]1(O)CC[C@@]2(S(=O)(=O)c3ccc(Cl)cc3)c3c(F)ccc(F)c3OC[C@H]2C1.O=C1CC[C@@]2(S(=O)(=O)c3ccc(Cl)cc3)c3c(F)ccc(F)c3OC[C@H]2C1.[Br-].[CH3-].[Mg+2]. The monoisotopic (exact) mass is 1390 g/mol. The quantitative estimate of drug-likeness (QED) is 0.0915. The molecule has 0 amide bonds. The van der Waals surface area contributed by atoms with Crippen LogP contribution < -0.4 is 31.2 Å². The zero-order valence-corrected chi connectivity index (χ0v) is 54.0. The molecule has 12 nitrogen and oxygen atoms in total.